The van der Waals surface area contributed by atoms with Gasteiger partial charge < -0.3 is 14.8 Å². The molecule has 14 heavy (non-hydrogen) atoms. The number of piperidine rings is 1. The van der Waals surface area contributed by atoms with Crippen LogP contribution in [0.2, 0.25) is 0 Å². The van der Waals surface area contributed by atoms with Crippen molar-refractivity contribution in [1.82, 2.24) is 5.32 Å². The molecule has 1 N–H and O–H groups in total. The molecular formula is C10H17NO3. The molecule has 0 saturated carbocycles. The molecule has 0 amide bonds. The summed E-state index contributed by atoms with van der Waals surface area (Å²) in [5.74, 6) is 0.267. The predicted molar refractivity (Wildman–Crippen MR) is 50.8 cm³/mol. The summed E-state index contributed by atoms with van der Waals surface area (Å²) in [6, 6.07) is 0.446. The summed E-state index contributed by atoms with van der Waals surface area (Å²) in [6.07, 6.45) is 1.88. The smallest absolute Gasteiger partial charge is 0.309 e. The van der Waals surface area contributed by atoms with Crippen molar-refractivity contribution in [3.63, 3.8) is 0 Å². The lowest BCUT2D eigenvalue weighted by atomic mass is 9.79. The van der Waals surface area contributed by atoms with Crippen LogP contribution in [0.4, 0.5) is 0 Å². The fourth-order valence-electron chi connectivity index (χ4n) is 2.49. The van der Waals surface area contributed by atoms with E-state index in [1.54, 1.807) is 0 Å². The average molecular weight is 199 g/mol. The standard InChI is InChI=1S/C10H17NO3/c1-13-10(12)7-2-4-11-9-3-5-14-6-8(7)9/h7-9,11H,2-6H2,1H3. The first-order valence-corrected chi connectivity index (χ1v) is 5.22. The summed E-state index contributed by atoms with van der Waals surface area (Å²) in [5, 5.41) is 3.44. The van der Waals surface area contributed by atoms with Crippen LogP contribution in [0.3, 0.4) is 0 Å². The second kappa shape index (κ2) is 4.28. The van der Waals surface area contributed by atoms with E-state index in [1.807, 2.05) is 0 Å². The third kappa shape index (κ3) is 1.77. The van der Waals surface area contributed by atoms with E-state index in [0.717, 1.165) is 26.0 Å². The first kappa shape index (κ1) is 9.93. The topological polar surface area (TPSA) is 47.6 Å². The molecule has 4 nitrogen and oxygen atoms in total. The minimum absolute atomic E-state index is 0.0338. The van der Waals surface area contributed by atoms with Crippen molar-refractivity contribution in [3.05, 3.63) is 0 Å². The Morgan fingerprint density at radius 1 is 1.50 bits per heavy atom. The fraction of sp³-hybridized carbons (Fsp3) is 0.900. The molecule has 3 atom stereocenters. The second-order valence-corrected chi connectivity index (χ2v) is 4.01. The van der Waals surface area contributed by atoms with Crippen LogP contribution < -0.4 is 5.32 Å². The van der Waals surface area contributed by atoms with Crippen LogP contribution in [0.5, 0.6) is 0 Å². The third-order valence-electron chi connectivity index (χ3n) is 3.28. The maximum atomic E-state index is 11.5. The van der Waals surface area contributed by atoms with E-state index in [1.165, 1.54) is 7.11 Å². The van der Waals surface area contributed by atoms with Gasteiger partial charge in [0.2, 0.25) is 0 Å². The number of ether oxygens (including phenoxy) is 2. The Bertz CT molecular complexity index is 217. The molecule has 2 rings (SSSR count). The first-order chi connectivity index (χ1) is 6.83. The van der Waals surface area contributed by atoms with Gasteiger partial charge in [-0.25, -0.2) is 0 Å². The minimum Gasteiger partial charge on any atom is -0.469 e. The molecule has 0 aliphatic carbocycles. The van der Waals surface area contributed by atoms with E-state index in [-0.39, 0.29) is 11.9 Å². The summed E-state index contributed by atoms with van der Waals surface area (Å²) >= 11 is 0. The lowest BCUT2D eigenvalue weighted by Crippen LogP contribution is -2.52. The van der Waals surface area contributed by atoms with E-state index < -0.39 is 0 Å². The zero-order chi connectivity index (χ0) is 9.97. The van der Waals surface area contributed by atoms with Gasteiger partial charge >= 0.3 is 5.97 Å². The van der Waals surface area contributed by atoms with Gasteiger partial charge in [-0.1, -0.05) is 0 Å². The lowest BCUT2D eigenvalue weighted by Gasteiger charge is -2.40. The van der Waals surface area contributed by atoms with Crippen LogP contribution in [0.1, 0.15) is 12.8 Å². The number of hydrogen-bond acceptors (Lipinski definition) is 4. The quantitative estimate of drug-likeness (QED) is 0.612. The van der Waals surface area contributed by atoms with Crippen LogP contribution in [0.25, 0.3) is 0 Å². The maximum Gasteiger partial charge on any atom is 0.309 e. The van der Waals surface area contributed by atoms with E-state index in [9.17, 15) is 4.79 Å². The van der Waals surface area contributed by atoms with Gasteiger partial charge in [-0.05, 0) is 19.4 Å². The summed E-state index contributed by atoms with van der Waals surface area (Å²) < 4.78 is 10.2. The Morgan fingerprint density at radius 2 is 2.36 bits per heavy atom. The van der Waals surface area contributed by atoms with E-state index in [0.29, 0.717) is 18.6 Å². The summed E-state index contributed by atoms with van der Waals surface area (Å²) in [5.41, 5.74) is 0. The Morgan fingerprint density at radius 3 is 3.14 bits per heavy atom. The molecule has 2 heterocycles. The van der Waals surface area contributed by atoms with Gasteiger partial charge in [0.25, 0.3) is 0 Å². The highest BCUT2D eigenvalue weighted by Gasteiger charge is 2.39. The molecule has 2 aliphatic rings. The van der Waals surface area contributed by atoms with Gasteiger partial charge in [0, 0.05) is 18.6 Å². The maximum absolute atomic E-state index is 11.5. The zero-order valence-electron chi connectivity index (χ0n) is 8.49. The van der Waals surface area contributed by atoms with Crippen molar-refractivity contribution in [2.45, 2.75) is 18.9 Å². The van der Waals surface area contributed by atoms with Crippen LogP contribution in [-0.4, -0.2) is 38.9 Å². The predicted octanol–water partition coefficient (Wildman–Crippen LogP) is 0.174. The summed E-state index contributed by atoms with van der Waals surface area (Å²) in [6.45, 7) is 2.42. The van der Waals surface area contributed by atoms with Crippen LogP contribution in [-0.2, 0) is 14.3 Å². The molecule has 3 unspecified atom stereocenters. The number of methoxy groups -OCH3 is 1. The van der Waals surface area contributed by atoms with Crippen molar-refractivity contribution >= 4 is 5.97 Å². The Balaban J connectivity index is 2.04. The van der Waals surface area contributed by atoms with E-state index >= 15 is 0 Å². The highest BCUT2D eigenvalue weighted by atomic mass is 16.5. The van der Waals surface area contributed by atoms with Crippen LogP contribution in [0, 0.1) is 11.8 Å². The molecule has 0 aromatic carbocycles. The van der Waals surface area contributed by atoms with Crippen LogP contribution in [0.15, 0.2) is 0 Å². The van der Waals surface area contributed by atoms with Crippen molar-refractivity contribution in [1.29, 1.82) is 0 Å². The average Bonchev–Trinajstić information content (AvgIpc) is 2.27. The highest BCUT2D eigenvalue weighted by molar-refractivity contribution is 5.73. The van der Waals surface area contributed by atoms with Crippen molar-refractivity contribution in [3.8, 4) is 0 Å². The molecule has 4 heteroatoms. The third-order valence-corrected chi connectivity index (χ3v) is 3.28. The molecule has 2 aliphatic heterocycles. The molecule has 80 valence electrons. The van der Waals surface area contributed by atoms with Gasteiger partial charge in [0.15, 0.2) is 0 Å². The van der Waals surface area contributed by atoms with Gasteiger partial charge in [0.05, 0.1) is 19.6 Å². The number of rotatable bonds is 1. The number of carbonyl (C=O) groups excluding carboxylic acids is 1. The van der Waals surface area contributed by atoms with E-state index in [4.69, 9.17) is 9.47 Å². The number of esters is 1. The zero-order valence-corrected chi connectivity index (χ0v) is 8.49. The highest BCUT2D eigenvalue weighted by Crippen LogP contribution is 2.29. The van der Waals surface area contributed by atoms with Gasteiger partial charge in [-0.15, -0.1) is 0 Å². The molecule has 0 bridgehead atoms. The summed E-state index contributed by atoms with van der Waals surface area (Å²) in [7, 11) is 1.46. The van der Waals surface area contributed by atoms with E-state index in [2.05, 4.69) is 5.32 Å². The Labute approximate surface area is 84.0 Å². The molecule has 0 aromatic rings. The monoisotopic (exact) mass is 199 g/mol. The fourth-order valence-corrected chi connectivity index (χ4v) is 2.49. The van der Waals surface area contributed by atoms with Crippen LogP contribution >= 0.6 is 0 Å². The molecule has 2 saturated heterocycles. The molecule has 0 radical (unpaired) electrons. The van der Waals surface area contributed by atoms with Crippen molar-refractivity contribution < 1.29 is 14.3 Å². The normalized spacial score (nSPS) is 37.4. The SMILES string of the molecule is COC(=O)C1CCNC2CCOCC21. The Kier molecular flexibility index (Phi) is 3.03. The van der Waals surface area contributed by atoms with Gasteiger partial charge in [-0.2, -0.15) is 0 Å². The number of nitrogens with one attached hydrogen (secondary N) is 1. The molecular weight excluding hydrogens is 182 g/mol. The van der Waals surface area contributed by atoms with Crippen molar-refractivity contribution in [2.24, 2.45) is 11.8 Å². The van der Waals surface area contributed by atoms with Crippen molar-refractivity contribution in [2.75, 3.05) is 26.9 Å². The van der Waals surface area contributed by atoms with Gasteiger partial charge in [0.1, 0.15) is 0 Å². The van der Waals surface area contributed by atoms with Gasteiger partial charge in [-0.3, -0.25) is 4.79 Å². The summed E-state index contributed by atoms with van der Waals surface area (Å²) in [4.78, 5) is 11.5. The minimum atomic E-state index is -0.0769. The largest absolute Gasteiger partial charge is 0.469 e. The number of fused-ring (bicyclic) bond motifs is 1. The molecule has 0 aromatic heterocycles. The molecule has 0 spiro atoms. The molecule has 2 fully saturated rings. The second-order valence-electron chi connectivity index (χ2n) is 4.01. The number of hydrogen-bond donors (Lipinski definition) is 1. The Hall–Kier alpha value is -0.610. The lowest BCUT2D eigenvalue weighted by molar-refractivity contribution is -0.152. The first-order valence-electron chi connectivity index (χ1n) is 5.22. The number of carbonyl (C=O) groups is 1.